The number of hydrogen-bond acceptors (Lipinski definition) is 6. The Labute approximate surface area is 156 Å². The fourth-order valence-corrected chi connectivity index (χ4v) is 5.56. The Morgan fingerprint density at radius 1 is 1.26 bits per heavy atom. The predicted octanol–water partition coefficient (Wildman–Crippen LogP) is 2.07. The molecule has 0 unspecified atom stereocenters. The average Bonchev–Trinajstić information content (AvgIpc) is 3.23. The van der Waals surface area contributed by atoms with Crippen molar-refractivity contribution in [3.05, 3.63) is 34.1 Å². The molecule has 0 aromatic heterocycles. The van der Waals surface area contributed by atoms with Crippen LogP contribution in [-0.2, 0) is 14.6 Å². The van der Waals surface area contributed by atoms with E-state index < -0.39 is 44.8 Å². The van der Waals surface area contributed by atoms with Crippen LogP contribution in [0.25, 0.3) is 0 Å². The molecule has 1 saturated heterocycles. The Morgan fingerprint density at radius 3 is 2.56 bits per heavy atom. The lowest BCUT2D eigenvalue weighted by molar-refractivity contribution is -0.385. The highest BCUT2D eigenvalue weighted by molar-refractivity contribution is 7.91. The number of carbonyl (C=O) groups excluding carboxylic acids is 1. The molecule has 1 aliphatic carbocycles. The van der Waals surface area contributed by atoms with Crippen molar-refractivity contribution in [3.8, 4) is 5.75 Å². The summed E-state index contributed by atoms with van der Waals surface area (Å²) < 4.78 is 42.3. The van der Waals surface area contributed by atoms with Crippen LogP contribution in [0.2, 0.25) is 0 Å². The Bertz CT molecular complexity index is 838. The third-order valence-electron chi connectivity index (χ3n) is 5.08. The normalized spacial score (nSPS) is 21.9. The van der Waals surface area contributed by atoms with Crippen molar-refractivity contribution in [1.29, 1.82) is 0 Å². The second-order valence-corrected chi connectivity index (χ2v) is 9.18. The fourth-order valence-electron chi connectivity index (χ4n) is 3.85. The molecule has 0 bridgehead atoms. The van der Waals surface area contributed by atoms with Gasteiger partial charge in [0.1, 0.15) is 5.82 Å². The zero-order valence-corrected chi connectivity index (χ0v) is 15.5. The lowest BCUT2D eigenvalue weighted by atomic mass is 10.1. The molecule has 1 heterocycles. The zero-order chi connectivity index (χ0) is 19.6. The zero-order valence-electron chi connectivity index (χ0n) is 14.7. The molecule has 2 fully saturated rings. The minimum atomic E-state index is -3.17. The average molecular weight is 400 g/mol. The number of halogens is 1. The number of amides is 1. The highest BCUT2D eigenvalue weighted by atomic mass is 32.2. The van der Waals surface area contributed by atoms with Gasteiger partial charge >= 0.3 is 5.69 Å². The van der Waals surface area contributed by atoms with E-state index >= 15 is 0 Å². The molecule has 27 heavy (non-hydrogen) atoms. The maximum atomic E-state index is 13.4. The maximum absolute atomic E-state index is 13.4. The summed E-state index contributed by atoms with van der Waals surface area (Å²) in [6, 6.07) is 2.33. The van der Waals surface area contributed by atoms with Gasteiger partial charge in [0, 0.05) is 24.2 Å². The molecular formula is C17H21FN2O6S. The van der Waals surface area contributed by atoms with Crippen LogP contribution in [0.15, 0.2) is 18.2 Å². The summed E-state index contributed by atoms with van der Waals surface area (Å²) in [4.78, 5) is 24.7. The van der Waals surface area contributed by atoms with Crippen LogP contribution < -0.4 is 4.74 Å². The monoisotopic (exact) mass is 400 g/mol. The van der Waals surface area contributed by atoms with Crippen LogP contribution in [0.5, 0.6) is 5.75 Å². The van der Waals surface area contributed by atoms with Gasteiger partial charge < -0.3 is 9.64 Å². The van der Waals surface area contributed by atoms with E-state index in [2.05, 4.69) is 0 Å². The summed E-state index contributed by atoms with van der Waals surface area (Å²) in [5, 5.41) is 11.0. The second kappa shape index (κ2) is 7.79. The SMILES string of the molecule is O=C(COc1cc(F)ccc1[N+](=O)[O-])N(C1CCCC1)[C@H]1CCS(=O)(=O)C1. The van der Waals surface area contributed by atoms with E-state index in [1.165, 1.54) is 0 Å². The molecule has 0 spiro atoms. The van der Waals surface area contributed by atoms with Crippen molar-refractivity contribution in [1.82, 2.24) is 4.90 Å². The summed E-state index contributed by atoms with van der Waals surface area (Å²) in [6.45, 7) is -0.503. The van der Waals surface area contributed by atoms with Crippen LogP contribution in [0.3, 0.4) is 0 Å². The smallest absolute Gasteiger partial charge is 0.311 e. The number of carbonyl (C=O) groups is 1. The molecule has 8 nitrogen and oxygen atoms in total. The van der Waals surface area contributed by atoms with Crippen LogP contribution in [0.1, 0.15) is 32.1 Å². The van der Waals surface area contributed by atoms with Gasteiger partial charge in [-0.1, -0.05) is 12.8 Å². The number of sulfone groups is 1. The van der Waals surface area contributed by atoms with Crippen molar-refractivity contribution in [2.45, 2.75) is 44.2 Å². The number of ether oxygens (including phenoxy) is 1. The van der Waals surface area contributed by atoms with Crippen molar-refractivity contribution in [2.24, 2.45) is 0 Å². The Hall–Kier alpha value is -2.23. The van der Waals surface area contributed by atoms with Crippen molar-refractivity contribution >= 4 is 21.4 Å². The van der Waals surface area contributed by atoms with Gasteiger partial charge in [-0.3, -0.25) is 14.9 Å². The molecule has 1 saturated carbocycles. The van der Waals surface area contributed by atoms with E-state index in [9.17, 15) is 27.7 Å². The predicted molar refractivity (Wildman–Crippen MR) is 94.7 cm³/mol. The number of rotatable bonds is 6. The van der Waals surface area contributed by atoms with Crippen molar-refractivity contribution in [3.63, 3.8) is 0 Å². The molecular weight excluding hydrogens is 379 g/mol. The summed E-state index contributed by atoms with van der Waals surface area (Å²) in [7, 11) is -3.17. The van der Waals surface area contributed by atoms with Gasteiger partial charge in [-0.15, -0.1) is 0 Å². The third-order valence-corrected chi connectivity index (χ3v) is 6.83. The van der Waals surface area contributed by atoms with E-state index in [4.69, 9.17) is 4.74 Å². The van der Waals surface area contributed by atoms with E-state index in [0.717, 1.165) is 43.9 Å². The Morgan fingerprint density at radius 2 is 1.96 bits per heavy atom. The Balaban J connectivity index is 1.75. The molecule has 1 aromatic carbocycles. The van der Waals surface area contributed by atoms with E-state index in [0.29, 0.717) is 6.42 Å². The van der Waals surface area contributed by atoms with Gasteiger partial charge in [0.25, 0.3) is 5.91 Å². The summed E-state index contributed by atoms with van der Waals surface area (Å²) in [5.74, 6) is -1.49. The Kier molecular flexibility index (Phi) is 5.64. The molecule has 1 atom stereocenters. The number of nitrogens with zero attached hydrogens (tertiary/aromatic N) is 2. The fraction of sp³-hybridized carbons (Fsp3) is 0.588. The van der Waals surface area contributed by atoms with Gasteiger partial charge in [-0.05, 0) is 25.3 Å². The maximum Gasteiger partial charge on any atom is 0.311 e. The van der Waals surface area contributed by atoms with Gasteiger partial charge in [-0.25, -0.2) is 12.8 Å². The first-order chi connectivity index (χ1) is 12.8. The van der Waals surface area contributed by atoms with Crippen LogP contribution in [0.4, 0.5) is 10.1 Å². The molecule has 1 amide bonds. The first-order valence-corrected chi connectivity index (χ1v) is 10.7. The first-order valence-electron chi connectivity index (χ1n) is 8.85. The van der Waals surface area contributed by atoms with E-state index in [-0.39, 0.29) is 23.3 Å². The first kappa shape index (κ1) is 19.5. The highest BCUT2D eigenvalue weighted by Crippen LogP contribution is 2.31. The second-order valence-electron chi connectivity index (χ2n) is 6.95. The van der Waals surface area contributed by atoms with Gasteiger partial charge in [0.05, 0.1) is 16.4 Å². The number of nitro benzene ring substituents is 1. The quantitative estimate of drug-likeness (QED) is 0.534. The number of hydrogen-bond donors (Lipinski definition) is 0. The summed E-state index contributed by atoms with van der Waals surface area (Å²) >= 11 is 0. The minimum Gasteiger partial charge on any atom is -0.477 e. The minimum absolute atomic E-state index is 0.0460. The summed E-state index contributed by atoms with van der Waals surface area (Å²) in [5.41, 5.74) is -0.430. The van der Waals surface area contributed by atoms with Gasteiger partial charge in [-0.2, -0.15) is 0 Å². The number of nitro groups is 1. The molecule has 0 radical (unpaired) electrons. The van der Waals surface area contributed by atoms with E-state index in [1.54, 1.807) is 4.90 Å². The van der Waals surface area contributed by atoms with Gasteiger partial charge in [0.2, 0.25) is 5.75 Å². The number of benzene rings is 1. The molecule has 3 rings (SSSR count). The molecule has 1 aromatic rings. The van der Waals surface area contributed by atoms with Crippen molar-refractivity contribution < 1.29 is 27.3 Å². The molecule has 10 heteroatoms. The van der Waals surface area contributed by atoms with Crippen LogP contribution >= 0.6 is 0 Å². The lowest BCUT2D eigenvalue weighted by Gasteiger charge is -2.34. The molecule has 1 aliphatic heterocycles. The van der Waals surface area contributed by atoms with E-state index in [1.807, 2.05) is 0 Å². The van der Waals surface area contributed by atoms with Gasteiger partial charge in [0.15, 0.2) is 16.4 Å². The summed E-state index contributed by atoms with van der Waals surface area (Å²) in [6.07, 6.45) is 3.89. The van der Waals surface area contributed by atoms with Crippen LogP contribution in [0, 0.1) is 15.9 Å². The lowest BCUT2D eigenvalue weighted by Crippen LogP contribution is -2.48. The standard InChI is InChI=1S/C17H21FN2O6S/c18-12-5-6-15(20(22)23)16(9-12)26-10-17(21)19(13-3-1-2-4-13)14-7-8-27(24,25)11-14/h5-6,9,13-14H,1-4,7-8,10-11H2/t14-/m0/s1. The highest BCUT2D eigenvalue weighted by Gasteiger charge is 2.39. The third kappa shape index (κ3) is 4.55. The van der Waals surface area contributed by atoms with Crippen LogP contribution in [-0.4, -0.2) is 54.3 Å². The van der Waals surface area contributed by atoms with Crippen molar-refractivity contribution in [2.75, 3.05) is 18.1 Å². The molecule has 2 aliphatic rings. The molecule has 148 valence electrons. The largest absolute Gasteiger partial charge is 0.477 e. The molecule has 0 N–H and O–H groups in total. The topological polar surface area (TPSA) is 107 Å².